The second-order valence-corrected chi connectivity index (χ2v) is 6.98. The third kappa shape index (κ3) is 2.31. The number of nitrogens with two attached hydrogens (primary N) is 1. The van der Waals surface area contributed by atoms with E-state index in [0.29, 0.717) is 0 Å². The van der Waals surface area contributed by atoms with Crippen LogP contribution in [-0.2, 0) is 6.42 Å². The fourth-order valence-corrected chi connectivity index (χ4v) is 3.56. The first kappa shape index (κ1) is 13.5. The topological polar surface area (TPSA) is 38.0 Å². The molecular weight excluding hydrogens is 312 g/mol. The fourth-order valence-electron chi connectivity index (χ4n) is 3.10. The quantitative estimate of drug-likeness (QED) is 0.741. The molecule has 1 heterocycles. The molecule has 3 N–H and O–H groups in total. The van der Waals surface area contributed by atoms with Gasteiger partial charge in [0, 0.05) is 21.1 Å². The van der Waals surface area contributed by atoms with Crippen molar-refractivity contribution in [2.24, 2.45) is 5.73 Å². The molecule has 0 aliphatic carbocycles. The van der Waals surface area contributed by atoms with Crippen LogP contribution in [-0.4, -0.2) is 5.54 Å². The molecule has 2 aromatic rings. The zero-order chi connectivity index (χ0) is 14.3. The second-order valence-electron chi connectivity index (χ2n) is 6.12. The first-order chi connectivity index (χ1) is 9.50. The SMILES string of the molecule is CC1(C)C/C(=C\N)Cc2cccc3c(Br)ccc(c23)N1. The van der Waals surface area contributed by atoms with Gasteiger partial charge in [-0.05, 0) is 61.5 Å². The van der Waals surface area contributed by atoms with Crippen molar-refractivity contribution in [2.75, 3.05) is 5.32 Å². The molecule has 0 fully saturated rings. The highest BCUT2D eigenvalue weighted by Gasteiger charge is 2.24. The number of nitrogens with one attached hydrogen (secondary N) is 1. The van der Waals surface area contributed by atoms with Gasteiger partial charge in [0.05, 0.1) is 0 Å². The van der Waals surface area contributed by atoms with Crippen molar-refractivity contribution in [1.82, 2.24) is 0 Å². The molecule has 3 rings (SSSR count). The summed E-state index contributed by atoms with van der Waals surface area (Å²) in [5, 5.41) is 6.23. The Bertz CT molecular complexity index is 701. The minimum atomic E-state index is -0.000502. The lowest BCUT2D eigenvalue weighted by Gasteiger charge is -2.32. The first-order valence-electron chi connectivity index (χ1n) is 6.88. The molecule has 20 heavy (non-hydrogen) atoms. The van der Waals surface area contributed by atoms with Gasteiger partial charge in [-0.1, -0.05) is 34.1 Å². The molecule has 0 unspecified atom stereocenters. The molecule has 0 aromatic heterocycles. The van der Waals surface area contributed by atoms with E-state index in [1.54, 1.807) is 6.20 Å². The van der Waals surface area contributed by atoms with Crippen molar-refractivity contribution in [1.29, 1.82) is 0 Å². The predicted octanol–water partition coefficient (Wildman–Crippen LogP) is 4.58. The lowest BCUT2D eigenvalue weighted by molar-refractivity contribution is 0.553. The molecule has 3 heteroatoms. The van der Waals surface area contributed by atoms with Gasteiger partial charge in [-0.15, -0.1) is 0 Å². The number of halogens is 1. The standard InChI is InChI=1S/C17H19BrN2/c1-17(2)9-11(10-19)8-12-4-3-5-13-14(18)6-7-15(20-17)16(12)13/h3-7,10,20H,8-9,19H2,1-2H3/b11-10-. The van der Waals surface area contributed by atoms with E-state index in [4.69, 9.17) is 5.73 Å². The average Bonchev–Trinajstić information content (AvgIpc) is 2.39. The van der Waals surface area contributed by atoms with E-state index in [0.717, 1.165) is 17.3 Å². The van der Waals surface area contributed by atoms with Gasteiger partial charge >= 0.3 is 0 Å². The summed E-state index contributed by atoms with van der Waals surface area (Å²) < 4.78 is 1.14. The van der Waals surface area contributed by atoms with E-state index in [9.17, 15) is 0 Å². The molecule has 0 spiro atoms. The maximum Gasteiger partial charge on any atom is 0.0427 e. The van der Waals surface area contributed by atoms with Gasteiger partial charge in [0.15, 0.2) is 0 Å². The summed E-state index contributed by atoms with van der Waals surface area (Å²) in [6.07, 6.45) is 3.64. The molecule has 0 bridgehead atoms. The Kier molecular flexibility index (Phi) is 3.25. The van der Waals surface area contributed by atoms with Crippen molar-refractivity contribution in [3.63, 3.8) is 0 Å². The normalized spacial score (nSPS) is 19.4. The number of hydrogen-bond donors (Lipinski definition) is 2. The second kappa shape index (κ2) is 4.81. The Morgan fingerprint density at radius 2 is 2.05 bits per heavy atom. The van der Waals surface area contributed by atoms with Gasteiger partial charge in [-0.3, -0.25) is 0 Å². The molecule has 0 radical (unpaired) electrons. The Labute approximate surface area is 128 Å². The number of hydrogen-bond acceptors (Lipinski definition) is 2. The summed E-state index contributed by atoms with van der Waals surface area (Å²) in [4.78, 5) is 0. The molecule has 0 amide bonds. The molecule has 1 aliphatic rings. The van der Waals surface area contributed by atoms with E-state index < -0.39 is 0 Å². The number of benzene rings is 2. The number of anilines is 1. The fraction of sp³-hybridized carbons (Fsp3) is 0.294. The van der Waals surface area contributed by atoms with E-state index in [1.807, 2.05) is 0 Å². The Hall–Kier alpha value is -1.48. The molecule has 2 aromatic carbocycles. The van der Waals surface area contributed by atoms with Gasteiger partial charge < -0.3 is 11.1 Å². The van der Waals surface area contributed by atoms with Crippen molar-refractivity contribution in [3.05, 3.63) is 52.1 Å². The maximum absolute atomic E-state index is 5.82. The van der Waals surface area contributed by atoms with Gasteiger partial charge in [0.25, 0.3) is 0 Å². The monoisotopic (exact) mass is 330 g/mol. The van der Waals surface area contributed by atoms with E-state index in [-0.39, 0.29) is 5.54 Å². The third-order valence-corrected chi connectivity index (χ3v) is 4.56. The lowest BCUT2D eigenvalue weighted by atomic mass is 9.87. The summed E-state index contributed by atoms with van der Waals surface area (Å²) in [7, 11) is 0. The van der Waals surface area contributed by atoms with Crippen LogP contribution in [0.3, 0.4) is 0 Å². The minimum Gasteiger partial charge on any atom is -0.405 e. The molecular formula is C17H19BrN2. The van der Waals surface area contributed by atoms with E-state index in [1.165, 1.54) is 27.6 Å². The highest BCUT2D eigenvalue weighted by atomic mass is 79.9. The Balaban J connectivity index is 2.32. The predicted molar refractivity (Wildman–Crippen MR) is 89.9 cm³/mol. The van der Waals surface area contributed by atoms with Crippen molar-refractivity contribution in [2.45, 2.75) is 32.2 Å². The average molecular weight is 331 g/mol. The summed E-state index contributed by atoms with van der Waals surface area (Å²) in [6, 6.07) is 10.8. The van der Waals surface area contributed by atoms with Crippen LogP contribution in [0.5, 0.6) is 0 Å². The molecule has 1 aliphatic heterocycles. The van der Waals surface area contributed by atoms with Crippen LogP contribution >= 0.6 is 15.9 Å². The minimum absolute atomic E-state index is 0.000502. The van der Waals surface area contributed by atoms with Crippen LogP contribution in [0.1, 0.15) is 25.8 Å². The third-order valence-electron chi connectivity index (χ3n) is 3.87. The van der Waals surface area contributed by atoms with Crippen LogP contribution in [0.25, 0.3) is 10.8 Å². The van der Waals surface area contributed by atoms with Gasteiger partial charge in [0.1, 0.15) is 0 Å². The zero-order valence-electron chi connectivity index (χ0n) is 11.8. The van der Waals surface area contributed by atoms with Crippen LogP contribution in [0.4, 0.5) is 5.69 Å². The van der Waals surface area contributed by atoms with Crippen molar-refractivity contribution >= 4 is 32.4 Å². The zero-order valence-corrected chi connectivity index (χ0v) is 13.4. The molecule has 2 nitrogen and oxygen atoms in total. The first-order valence-corrected chi connectivity index (χ1v) is 7.67. The lowest BCUT2D eigenvalue weighted by Crippen LogP contribution is -2.33. The highest BCUT2D eigenvalue weighted by Crippen LogP contribution is 2.38. The summed E-state index contributed by atoms with van der Waals surface area (Å²) in [5.74, 6) is 0. The van der Waals surface area contributed by atoms with E-state index >= 15 is 0 Å². The largest absolute Gasteiger partial charge is 0.405 e. The Morgan fingerprint density at radius 3 is 2.80 bits per heavy atom. The summed E-state index contributed by atoms with van der Waals surface area (Å²) in [6.45, 7) is 4.44. The van der Waals surface area contributed by atoms with Crippen LogP contribution < -0.4 is 11.1 Å². The molecule has 104 valence electrons. The smallest absolute Gasteiger partial charge is 0.0427 e. The van der Waals surface area contributed by atoms with Crippen molar-refractivity contribution < 1.29 is 0 Å². The van der Waals surface area contributed by atoms with Gasteiger partial charge in [0.2, 0.25) is 0 Å². The summed E-state index contributed by atoms with van der Waals surface area (Å²) >= 11 is 3.66. The maximum atomic E-state index is 5.82. The summed E-state index contributed by atoms with van der Waals surface area (Å²) in [5.41, 5.74) is 9.64. The molecule has 0 atom stereocenters. The molecule has 0 saturated carbocycles. The van der Waals surface area contributed by atoms with Crippen LogP contribution in [0, 0.1) is 0 Å². The van der Waals surface area contributed by atoms with Gasteiger partial charge in [-0.25, -0.2) is 0 Å². The molecule has 0 saturated heterocycles. The Morgan fingerprint density at radius 1 is 1.25 bits per heavy atom. The van der Waals surface area contributed by atoms with Crippen LogP contribution in [0.2, 0.25) is 0 Å². The number of rotatable bonds is 0. The van der Waals surface area contributed by atoms with Crippen LogP contribution in [0.15, 0.2) is 46.6 Å². The van der Waals surface area contributed by atoms with Gasteiger partial charge in [-0.2, -0.15) is 0 Å². The highest BCUT2D eigenvalue weighted by molar-refractivity contribution is 9.10. The van der Waals surface area contributed by atoms with E-state index in [2.05, 4.69) is 65.4 Å². The van der Waals surface area contributed by atoms with Crippen molar-refractivity contribution in [3.8, 4) is 0 Å².